The number of fused-ring (bicyclic) bond motifs is 5. The van der Waals surface area contributed by atoms with E-state index in [-0.39, 0.29) is 0 Å². The van der Waals surface area contributed by atoms with Gasteiger partial charge in [-0.25, -0.2) is 4.57 Å². The molecule has 174 valence electrons. The predicted octanol–water partition coefficient (Wildman–Crippen LogP) is 8.72. The van der Waals surface area contributed by atoms with Gasteiger partial charge in [-0.3, -0.25) is 0 Å². The first-order valence-electron chi connectivity index (χ1n) is 13.1. The van der Waals surface area contributed by atoms with E-state index in [9.17, 15) is 0 Å². The van der Waals surface area contributed by atoms with Crippen molar-refractivity contribution < 1.29 is 9.30 Å². The van der Waals surface area contributed by atoms with Gasteiger partial charge in [0.2, 0.25) is 5.69 Å². The van der Waals surface area contributed by atoms with Crippen LogP contribution in [0.15, 0.2) is 54.7 Å². The maximum atomic E-state index is 6.89. The standard InChI is InChI=1S/C33H32NO/c1-19-13-14-23-21(3)33-30(20(2)27(23)17-19)32-31-26(15-16-34(32)4)25-12-8-11-24(22-9-6-5-7-10-22)28(25)18-29(31)35-33/h8,11-18,22H,5-7,9-10H2,1-4H3/q+1. The zero-order valence-corrected chi connectivity index (χ0v) is 21.2. The molecule has 4 aromatic carbocycles. The Hall–Kier alpha value is -3.39. The van der Waals surface area contributed by atoms with Crippen molar-refractivity contribution in [1.82, 2.24) is 0 Å². The number of hydrogen-bond donors (Lipinski definition) is 0. The van der Waals surface area contributed by atoms with Crippen molar-refractivity contribution in [1.29, 1.82) is 0 Å². The average Bonchev–Trinajstić information content (AvgIpc) is 2.88. The normalized spacial score (nSPS) is 15.5. The molecule has 2 aliphatic rings. The molecule has 0 radical (unpaired) electrons. The van der Waals surface area contributed by atoms with Gasteiger partial charge < -0.3 is 4.74 Å². The first-order chi connectivity index (χ1) is 17.0. The molecule has 1 aliphatic carbocycles. The summed E-state index contributed by atoms with van der Waals surface area (Å²) < 4.78 is 9.18. The molecule has 1 saturated carbocycles. The minimum Gasteiger partial charge on any atom is -0.455 e. The van der Waals surface area contributed by atoms with E-state index in [1.165, 1.54) is 97.9 Å². The number of pyridine rings is 1. The molecule has 7 rings (SSSR count). The fourth-order valence-electron chi connectivity index (χ4n) is 6.89. The first kappa shape index (κ1) is 20.9. The van der Waals surface area contributed by atoms with Crippen molar-refractivity contribution in [3.8, 4) is 22.8 Å². The van der Waals surface area contributed by atoms with E-state index in [1.807, 2.05) is 0 Å². The molecule has 2 heteroatoms. The van der Waals surface area contributed by atoms with Crippen LogP contribution >= 0.6 is 0 Å². The van der Waals surface area contributed by atoms with Crippen molar-refractivity contribution in [2.75, 3.05) is 0 Å². The summed E-state index contributed by atoms with van der Waals surface area (Å²) in [7, 11) is 2.17. The van der Waals surface area contributed by atoms with Crippen molar-refractivity contribution >= 4 is 32.3 Å². The van der Waals surface area contributed by atoms with E-state index in [2.05, 4.69) is 87.1 Å². The molecular formula is C33H32NO+. The lowest BCUT2D eigenvalue weighted by Crippen LogP contribution is -2.32. The monoisotopic (exact) mass is 458 g/mol. The molecule has 0 atom stereocenters. The van der Waals surface area contributed by atoms with Crippen molar-refractivity contribution in [2.45, 2.75) is 58.8 Å². The highest BCUT2D eigenvalue weighted by molar-refractivity contribution is 6.16. The largest absolute Gasteiger partial charge is 0.455 e. The van der Waals surface area contributed by atoms with E-state index in [1.54, 1.807) is 0 Å². The van der Waals surface area contributed by atoms with Crippen LogP contribution in [-0.2, 0) is 7.05 Å². The third-order valence-corrected chi connectivity index (χ3v) is 8.70. The van der Waals surface area contributed by atoms with Crippen molar-refractivity contribution in [3.63, 3.8) is 0 Å². The average molecular weight is 459 g/mol. The van der Waals surface area contributed by atoms with Gasteiger partial charge in [-0.1, -0.05) is 61.2 Å². The zero-order valence-electron chi connectivity index (χ0n) is 21.2. The Labute approximate surface area is 207 Å². The number of benzene rings is 4. The van der Waals surface area contributed by atoms with Crippen LogP contribution in [0.4, 0.5) is 0 Å². The highest BCUT2D eigenvalue weighted by Gasteiger charge is 2.33. The number of nitrogens with zero attached hydrogens (tertiary/aromatic N) is 1. The molecule has 1 fully saturated rings. The summed E-state index contributed by atoms with van der Waals surface area (Å²) in [6.07, 6.45) is 8.90. The van der Waals surface area contributed by atoms with Gasteiger partial charge in [0.15, 0.2) is 6.20 Å². The van der Waals surface area contributed by atoms with Gasteiger partial charge in [-0.2, -0.15) is 0 Å². The van der Waals surface area contributed by atoms with Gasteiger partial charge >= 0.3 is 0 Å². The molecule has 1 aliphatic heterocycles. The second-order valence-corrected chi connectivity index (χ2v) is 10.8. The van der Waals surface area contributed by atoms with Gasteiger partial charge in [-0.15, -0.1) is 0 Å². The Bertz CT molecular complexity index is 1690. The molecule has 0 amide bonds. The zero-order chi connectivity index (χ0) is 23.8. The predicted molar refractivity (Wildman–Crippen MR) is 146 cm³/mol. The second-order valence-electron chi connectivity index (χ2n) is 10.8. The lowest BCUT2D eigenvalue weighted by atomic mass is 9.81. The van der Waals surface area contributed by atoms with E-state index >= 15 is 0 Å². The SMILES string of the molecule is Cc1ccc2c(C)c3c(c(C)c2c1)-c1c2c(cc4c(C5CCCCC5)cccc4c2cc[n+]1C)O3. The van der Waals surface area contributed by atoms with Gasteiger partial charge in [0.05, 0.1) is 10.9 Å². The van der Waals surface area contributed by atoms with Crippen LogP contribution in [0.25, 0.3) is 43.6 Å². The quantitative estimate of drug-likeness (QED) is 0.177. The Morgan fingerprint density at radius 2 is 1.60 bits per heavy atom. The maximum Gasteiger partial charge on any atom is 0.228 e. The van der Waals surface area contributed by atoms with E-state index in [4.69, 9.17) is 4.74 Å². The van der Waals surface area contributed by atoms with Gasteiger partial charge in [0, 0.05) is 17.0 Å². The fraction of sp³-hybridized carbons (Fsp3) is 0.303. The number of hydrogen-bond acceptors (Lipinski definition) is 1. The summed E-state index contributed by atoms with van der Waals surface area (Å²) >= 11 is 0. The van der Waals surface area contributed by atoms with Gasteiger partial charge in [0.1, 0.15) is 18.5 Å². The molecule has 0 spiro atoms. The molecule has 5 aromatic rings. The summed E-state index contributed by atoms with van der Waals surface area (Å²) in [6, 6.07) is 18.4. The van der Waals surface area contributed by atoms with Crippen LogP contribution in [0.5, 0.6) is 11.5 Å². The highest BCUT2D eigenvalue weighted by atomic mass is 16.5. The number of aromatic nitrogens is 1. The van der Waals surface area contributed by atoms with E-state index in [0.717, 1.165) is 11.5 Å². The van der Waals surface area contributed by atoms with Crippen molar-refractivity contribution in [2.24, 2.45) is 7.05 Å². The molecule has 1 aromatic heterocycles. The summed E-state index contributed by atoms with van der Waals surface area (Å²) in [5.41, 5.74) is 7.84. The maximum absolute atomic E-state index is 6.89. The topological polar surface area (TPSA) is 13.1 Å². The number of aryl methyl sites for hydroxylation is 4. The molecule has 0 saturated heterocycles. The Balaban J connectivity index is 1.60. The summed E-state index contributed by atoms with van der Waals surface area (Å²) in [5, 5.41) is 7.88. The van der Waals surface area contributed by atoms with Crippen LogP contribution in [0.2, 0.25) is 0 Å². The third kappa shape index (κ3) is 2.92. The molecule has 35 heavy (non-hydrogen) atoms. The van der Waals surface area contributed by atoms with Gasteiger partial charge in [0.25, 0.3) is 0 Å². The first-order valence-corrected chi connectivity index (χ1v) is 13.1. The Kier molecular flexibility index (Phi) is 4.52. The second kappa shape index (κ2) is 7.55. The summed E-state index contributed by atoms with van der Waals surface area (Å²) in [5.74, 6) is 2.68. The molecule has 0 bridgehead atoms. The van der Waals surface area contributed by atoms with Crippen molar-refractivity contribution in [3.05, 3.63) is 77.0 Å². The minimum absolute atomic E-state index is 0.656. The summed E-state index contributed by atoms with van der Waals surface area (Å²) in [6.45, 7) is 6.65. The van der Waals surface area contributed by atoms with Crippen LogP contribution in [-0.4, -0.2) is 0 Å². The fourth-order valence-corrected chi connectivity index (χ4v) is 6.89. The van der Waals surface area contributed by atoms with Crippen LogP contribution in [0.3, 0.4) is 0 Å². The molecule has 2 nitrogen and oxygen atoms in total. The molecule has 0 N–H and O–H groups in total. The number of rotatable bonds is 1. The molecule has 0 unspecified atom stereocenters. The molecule has 2 heterocycles. The minimum atomic E-state index is 0.656. The van der Waals surface area contributed by atoms with Crippen LogP contribution in [0, 0.1) is 20.8 Å². The summed E-state index contributed by atoms with van der Waals surface area (Å²) in [4.78, 5) is 0. The van der Waals surface area contributed by atoms with Crippen LogP contribution in [0.1, 0.15) is 60.3 Å². The smallest absolute Gasteiger partial charge is 0.228 e. The lowest BCUT2D eigenvalue weighted by molar-refractivity contribution is -0.659. The van der Waals surface area contributed by atoms with E-state index < -0.39 is 0 Å². The van der Waals surface area contributed by atoms with Crippen LogP contribution < -0.4 is 9.30 Å². The highest BCUT2D eigenvalue weighted by Crippen LogP contribution is 2.52. The Morgan fingerprint density at radius 1 is 0.771 bits per heavy atom. The Morgan fingerprint density at radius 3 is 2.43 bits per heavy atom. The van der Waals surface area contributed by atoms with E-state index in [0.29, 0.717) is 5.92 Å². The lowest BCUT2D eigenvalue weighted by Gasteiger charge is -2.27. The van der Waals surface area contributed by atoms with Gasteiger partial charge in [-0.05, 0) is 78.3 Å². The molecular weight excluding hydrogens is 426 g/mol. The number of ether oxygens (including phenoxy) is 1. The third-order valence-electron chi connectivity index (χ3n) is 8.70.